The fourth-order valence-corrected chi connectivity index (χ4v) is 12.9. The van der Waals surface area contributed by atoms with Crippen LogP contribution in [0.4, 0.5) is 34.1 Å². The minimum Gasteiger partial charge on any atom is -0.309 e. The lowest BCUT2D eigenvalue weighted by Gasteiger charge is -2.31. The third kappa shape index (κ3) is 5.78. The molecule has 0 unspecified atom stereocenters. The van der Waals surface area contributed by atoms with Gasteiger partial charge in [0.15, 0.2) is 0 Å². The molecule has 0 fully saturated rings. The summed E-state index contributed by atoms with van der Waals surface area (Å²) in [4.78, 5) is 10.1. The van der Waals surface area contributed by atoms with Crippen molar-refractivity contribution in [2.45, 2.75) is 19.6 Å². The molecule has 0 amide bonds. The minimum absolute atomic E-state index is 1.14. The smallest absolute Gasteiger partial charge is 0.0540 e. The zero-order chi connectivity index (χ0) is 43.3. The van der Waals surface area contributed by atoms with E-state index in [1.54, 1.807) is 0 Å². The Morgan fingerprint density at radius 1 is 0.242 bits per heavy atom. The van der Waals surface area contributed by atoms with Crippen molar-refractivity contribution in [3.8, 4) is 22.3 Å². The van der Waals surface area contributed by atoms with Crippen molar-refractivity contribution in [1.82, 2.24) is 0 Å². The van der Waals surface area contributed by atoms with Gasteiger partial charge in [-0.25, -0.2) is 0 Å². The Hall–Kier alpha value is -7.76. The fraction of sp³-hybridized carbons (Fsp3) is 0. The van der Waals surface area contributed by atoms with Gasteiger partial charge < -0.3 is 9.80 Å². The summed E-state index contributed by atoms with van der Waals surface area (Å²) < 4.78 is 0. The highest BCUT2D eigenvalue weighted by Crippen LogP contribution is 2.57. The predicted molar refractivity (Wildman–Crippen MR) is 282 cm³/mol. The molecule has 2 heterocycles. The highest BCUT2D eigenvalue weighted by Gasteiger charge is 2.29. The van der Waals surface area contributed by atoms with Crippen molar-refractivity contribution in [2.75, 3.05) is 9.80 Å². The minimum atomic E-state index is 1.14. The molecule has 0 aliphatic carbocycles. The van der Waals surface area contributed by atoms with Crippen LogP contribution < -0.4 is 9.80 Å². The maximum absolute atomic E-state index is 2.46. The summed E-state index contributed by atoms with van der Waals surface area (Å²) in [6, 6.07) is 85.2. The maximum atomic E-state index is 2.46. The Bertz CT molecular complexity index is 3550. The molecule has 0 saturated carbocycles. The Morgan fingerprint density at radius 2 is 0.545 bits per heavy atom. The van der Waals surface area contributed by atoms with Crippen molar-refractivity contribution in [2.24, 2.45) is 0 Å². The summed E-state index contributed by atoms with van der Waals surface area (Å²) >= 11 is 3.80. The van der Waals surface area contributed by atoms with Crippen molar-refractivity contribution < 1.29 is 0 Å². The number of rotatable bonds is 6. The first-order valence-electron chi connectivity index (χ1n) is 22.5. The van der Waals surface area contributed by atoms with Gasteiger partial charge in [-0.05, 0) is 104 Å². The summed E-state index contributed by atoms with van der Waals surface area (Å²) in [6.45, 7) is 0. The summed E-state index contributed by atoms with van der Waals surface area (Å²) in [5.74, 6) is 0. The zero-order valence-electron chi connectivity index (χ0n) is 35.7. The molecule has 308 valence electrons. The summed E-state index contributed by atoms with van der Waals surface area (Å²) in [5.41, 5.74) is 12.1. The van der Waals surface area contributed by atoms with Crippen LogP contribution in [0.2, 0.25) is 0 Å². The van der Waals surface area contributed by atoms with E-state index >= 15 is 0 Å². The molecule has 2 aliphatic rings. The molecule has 12 aromatic rings. The second-order valence-corrected chi connectivity index (χ2v) is 19.4. The quantitative estimate of drug-likeness (QED) is 0.164. The second kappa shape index (κ2) is 14.9. The first-order chi connectivity index (χ1) is 32.7. The Balaban J connectivity index is 0.901. The standard InChI is InChI=1S/C62H38N2S2/c1-5-21-45-39(13-1)17-9-25-53(45)63(54-26-10-18-40-14-2-6-22-46(40)54)43-29-31-49-51-33-34-52-50-32-30-44(38-60(50)66-58-36-35-57(61(51)62(52)58)65-59(49)37-43)64(55-27-11-19-41-15-3-7-23-47(41)55)56-28-12-20-42-16-4-8-24-48(42)56/h1-38H. The van der Waals surface area contributed by atoms with Crippen molar-refractivity contribution >= 4 is 112 Å². The van der Waals surface area contributed by atoms with Gasteiger partial charge in [-0.1, -0.05) is 193 Å². The summed E-state index contributed by atoms with van der Waals surface area (Å²) in [5, 5.41) is 12.5. The SMILES string of the molecule is c1ccc2c(N(c3ccc4c(c3)Sc3ccc5c6c(ccc-4c36)-c3ccc(N(c4cccc6ccccc46)c4cccc6ccccc46)cc3S5)c3cccc4ccccc34)cccc2c1. The van der Waals surface area contributed by atoms with Crippen molar-refractivity contribution in [3.05, 3.63) is 231 Å². The van der Waals surface area contributed by atoms with E-state index in [1.165, 1.54) is 118 Å². The van der Waals surface area contributed by atoms with E-state index < -0.39 is 0 Å². The van der Waals surface area contributed by atoms with Gasteiger partial charge in [-0.3, -0.25) is 0 Å². The van der Waals surface area contributed by atoms with E-state index in [0.29, 0.717) is 0 Å². The Morgan fingerprint density at radius 3 is 0.894 bits per heavy atom. The fourth-order valence-electron chi connectivity index (χ4n) is 10.6. The van der Waals surface area contributed by atoms with Gasteiger partial charge in [0.1, 0.15) is 0 Å². The molecule has 2 nitrogen and oxygen atoms in total. The number of hydrogen-bond acceptors (Lipinski definition) is 4. The summed E-state index contributed by atoms with van der Waals surface area (Å²) in [7, 11) is 0. The molecule has 66 heavy (non-hydrogen) atoms. The molecule has 0 radical (unpaired) electrons. The van der Waals surface area contributed by atoms with E-state index in [4.69, 9.17) is 0 Å². The van der Waals surface area contributed by atoms with Gasteiger partial charge in [0, 0.05) is 63.3 Å². The van der Waals surface area contributed by atoms with Gasteiger partial charge in [0.25, 0.3) is 0 Å². The second-order valence-electron chi connectivity index (χ2n) is 17.2. The number of fused-ring (bicyclic) bond motifs is 8. The molecule has 2 aliphatic heterocycles. The van der Waals surface area contributed by atoms with Crippen LogP contribution in [0, 0.1) is 0 Å². The van der Waals surface area contributed by atoms with Crippen molar-refractivity contribution in [1.29, 1.82) is 0 Å². The lowest BCUT2D eigenvalue weighted by molar-refractivity contribution is 1.27. The van der Waals surface area contributed by atoms with Gasteiger partial charge in [-0.2, -0.15) is 0 Å². The van der Waals surface area contributed by atoms with Gasteiger partial charge in [0.2, 0.25) is 0 Å². The number of benzene rings is 12. The van der Waals surface area contributed by atoms with E-state index in [-0.39, 0.29) is 0 Å². The van der Waals surface area contributed by atoms with E-state index in [0.717, 1.165) is 11.4 Å². The first-order valence-corrected chi connectivity index (χ1v) is 24.1. The molecule has 0 aromatic heterocycles. The third-order valence-electron chi connectivity index (χ3n) is 13.6. The molecular formula is C62H38N2S2. The predicted octanol–water partition coefficient (Wildman–Crippen LogP) is 18.7. The lowest BCUT2D eigenvalue weighted by atomic mass is 9.91. The van der Waals surface area contributed by atoms with E-state index in [1.807, 2.05) is 23.5 Å². The van der Waals surface area contributed by atoms with Crippen LogP contribution >= 0.6 is 23.5 Å². The molecule has 0 atom stereocenters. The van der Waals surface area contributed by atoms with Crippen LogP contribution in [0.3, 0.4) is 0 Å². The topological polar surface area (TPSA) is 6.48 Å². The van der Waals surface area contributed by atoms with E-state index in [9.17, 15) is 0 Å². The molecule has 12 aromatic carbocycles. The van der Waals surface area contributed by atoms with Crippen LogP contribution in [0.25, 0.3) is 76.1 Å². The van der Waals surface area contributed by atoms with Crippen LogP contribution in [0.1, 0.15) is 0 Å². The van der Waals surface area contributed by atoms with Gasteiger partial charge >= 0.3 is 0 Å². The normalized spacial score (nSPS) is 12.4. The number of hydrogen-bond donors (Lipinski definition) is 0. The van der Waals surface area contributed by atoms with Crippen molar-refractivity contribution in [3.63, 3.8) is 0 Å². The van der Waals surface area contributed by atoms with E-state index in [2.05, 4.69) is 240 Å². The highest BCUT2D eigenvalue weighted by molar-refractivity contribution is 8.00. The lowest BCUT2D eigenvalue weighted by Crippen LogP contribution is -2.12. The molecule has 0 N–H and O–H groups in total. The third-order valence-corrected chi connectivity index (χ3v) is 15.8. The largest absolute Gasteiger partial charge is 0.309 e. The molecule has 0 bridgehead atoms. The molecule has 0 saturated heterocycles. The Labute approximate surface area is 391 Å². The van der Waals surface area contributed by atoms with Crippen LogP contribution in [-0.4, -0.2) is 0 Å². The average Bonchev–Trinajstić information content (AvgIpc) is 3.38. The van der Waals surface area contributed by atoms with Gasteiger partial charge in [-0.15, -0.1) is 0 Å². The van der Waals surface area contributed by atoms with Crippen LogP contribution in [-0.2, 0) is 0 Å². The Kier molecular flexibility index (Phi) is 8.49. The number of nitrogens with zero attached hydrogens (tertiary/aromatic N) is 2. The molecule has 4 heteroatoms. The van der Waals surface area contributed by atoms with Crippen LogP contribution in [0.5, 0.6) is 0 Å². The summed E-state index contributed by atoms with van der Waals surface area (Å²) in [6.07, 6.45) is 0. The monoisotopic (exact) mass is 874 g/mol. The zero-order valence-corrected chi connectivity index (χ0v) is 37.3. The molecular weight excluding hydrogens is 837 g/mol. The first kappa shape index (κ1) is 37.6. The average molecular weight is 875 g/mol. The molecule has 14 rings (SSSR count). The highest BCUT2D eigenvalue weighted by atomic mass is 32.2. The maximum Gasteiger partial charge on any atom is 0.0540 e. The van der Waals surface area contributed by atoms with Crippen LogP contribution in [0.15, 0.2) is 250 Å². The number of anilines is 6. The van der Waals surface area contributed by atoms with Gasteiger partial charge in [0.05, 0.1) is 22.7 Å². The molecule has 0 spiro atoms.